The minimum atomic E-state index is -0.752. The smallest absolute Gasteiger partial charge is 0.254 e. The van der Waals surface area contributed by atoms with Gasteiger partial charge >= 0.3 is 0 Å². The maximum atomic E-state index is 14.3. The Labute approximate surface area is 192 Å². The highest BCUT2D eigenvalue weighted by Gasteiger charge is 2.47. The second-order valence-corrected chi connectivity index (χ2v) is 9.56. The summed E-state index contributed by atoms with van der Waals surface area (Å²) in [5, 5.41) is 12.7. The lowest BCUT2D eigenvalue weighted by Gasteiger charge is -2.52. The molecule has 33 heavy (non-hydrogen) atoms. The van der Waals surface area contributed by atoms with Crippen molar-refractivity contribution >= 4 is 17.5 Å². The number of nitrogens with zero attached hydrogens (tertiary/aromatic N) is 2. The monoisotopic (exact) mass is 457 g/mol. The Kier molecular flexibility index (Phi) is 6.03. The molecule has 2 fully saturated rings. The first-order valence-electron chi connectivity index (χ1n) is 11.1. The van der Waals surface area contributed by atoms with Gasteiger partial charge in [-0.05, 0) is 73.9 Å². The zero-order valence-electron chi connectivity index (χ0n) is 19.1. The van der Waals surface area contributed by atoms with Crippen LogP contribution in [-0.2, 0) is 0 Å². The number of phenolic OH excluding ortho intramolecular Hbond substituents is 1. The molecule has 0 radical (unpaired) electrons. The zero-order chi connectivity index (χ0) is 23.9. The van der Waals surface area contributed by atoms with Gasteiger partial charge in [0.2, 0.25) is 0 Å². The highest BCUT2D eigenvalue weighted by Crippen LogP contribution is 2.49. The average molecular weight is 458 g/mol. The van der Waals surface area contributed by atoms with Crippen molar-refractivity contribution < 1.29 is 23.5 Å². The van der Waals surface area contributed by atoms with Crippen LogP contribution in [0.3, 0.4) is 0 Å². The molecule has 2 aliphatic rings. The molecule has 1 aliphatic carbocycles. The molecular formula is C25H29F2N3O3. The third-order valence-electron chi connectivity index (χ3n) is 6.98. The molecule has 2 amide bonds. The summed E-state index contributed by atoms with van der Waals surface area (Å²) in [6, 6.07) is 7.07. The SMILES string of the molecule is Cc1cc(C(=O)NC2CC3(CCN(C(=O)c4cc(F)c(N(C)C)c(F)c4)CC3)C2)ccc1O. The molecule has 2 aromatic carbocycles. The van der Waals surface area contributed by atoms with Crippen molar-refractivity contribution in [3.63, 3.8) is 0 Å². The van der Waals surface area contributed by atoms with Crippen molar-refractivity contribution in [1.29, 1.82) is 0 Å². The van der Waals surface area contributed by atoms with Gasteiger partial charge < -0.3 is 20.2 Å². The van der Waals surface area contributed by atoms with Crippen LogP contribution in [-0.4, -0.2) is 55.0 Å². The van der Waals surface area contributed by atoms with Crippen molar-refractivity contribution in [3.05, 3.63) is 58.7 Å². The Bertz CT molecular complexity index is 1060. The summed E-state index contributed by atoms with van der Waals surface area (Å²) in [5.41, 5.74) is 1.13. The Morgan fingerprint density at radius 3 is 2.21 bits per heavy atom. The van der Waals surface area contributed by atoms with Crippen LogP contribution < -0.4 is 10.2 Å². The molecule has 1 aliphatic heterocycles. The molecule has 2 aromatic rings. The second-order valence-electron chi connectivity index (χ2n) is 9.56. The standard InChI is InChI=1S/C25H29F2N3O3/c1-15-10-16(4-5-21(15)31)23(32)28-18-13-25(14-18)6-8-30(9-7-25)24(33)17-11-19(26)22(29(2)3)20(27)12-17/h4-5,10-12,18,31H,6-9,13-14H2,1-3H3,(H,28,32). The normalized spacial score (nSPS) is 17.5. The number of nitrogens with one attached hydrogen (secondary N) is 1. The van der Waals surface area contributed by atoms with Crippen LogP contribution in [0.4, 0.5) is 14.5 Å². The summed E-state index contributed by atoms with van der Waals surface area (Å²) >= 11 is 0. The van der Waals surface area contributed by atoms with E-state index < -0.39 is 11.6 Å². The number of carbonyl (C=O) groups excluding carboxylic acids is 2. The van der Waals surface area contributed by atoms with Gasteiger partial charge in [-0.25, -0.2) is 8.78 Å². The molecule has 4 rings (SSSR count). The maximum Gasteiger partial charge on any atom is 0.254 e. The number of likely N-dealkylation sites (tertiary alicyclic amines) is 1. The van der Waals surface area contributed by atoms with Gasteiger partial charge in [0.05, 0.1) is 0 Å². The van der Waals surface area contributed by atoms with E-state index in [0.717, 1.165) is 37.8 Å². The minimum absolute atomic E-state index is 0.0227. The van der Waals surface area contributed by atoms with Gasteiger partial charge in [0, 0.05) is 44.4 Å². The van der Waals surface area contributed by atoms with Crippen molar-refractivity contribution in [2.45, 2.75) is 38.6 Å². The first-order valence-corrected chi connectivity index (χ1v) is 11.1. The molecule has 0 bridgehead atoms. The van der Waals surface area contributed by atoms with E-state index in [2.05, 4.69) is 5.32 Å². The molecule has 8 heteroatoms. The van der Waals surface area contributed by atoms with E-state index in [4.69, 9.17) is 0 Å². The number of hydrogen-bond donors (Lipinski definition) is 2. The van der Waals surface area contributed by atoms with Crippen molar-refractivity contribution in [2.75, 3.05) is 32.1 Å². The largest absolute Gasteiger partial charge is 0.508 e. The predicted molar refractivity (Wildman–Crippen MR) is 122 cm³/mol. The molecule has 0 unspecified atom stereocenters. The molecule has 0 atom stereocenters. The quantitative estimate of drug-likeness (QED) is 0.732. The summed E-state index contributed by atoms with van der Waals surface area (Å²) in [5.74, 6) is -1.86. The Morgan fingerprint density at radius 2 is 1.67 bits per heavy atom. The van der Waals surface area contributed by atoms with E-state index in [-0.39, 0.29) is 40.3 Å². The van der Waals surface area contributed by atoms with Gasteiger partial charge in [0.1, 0.15) is 23.1 Å². The van der Waals surface area contributed by atoms with Crippen molar-refractivity contribution in [3.8, 4) is 5.75 Å². The van der Waals surface area contributed by atoms with Gasteiger partial charge in [0.15, 0.2) is 0 Å². The molecular weight excluding hydrogens is 428 g/mol. The molecule has 1 heterocycles. The van der Waals surface area contributed by atoms with Crippen LogP contribution in [0.5, 0.6) is 5.75 Å². The highest BCUT2D eigenvalue weighted by molar-refractivity contribution is 5.95. The second kappa shape index (κ2) is 8.65. The number of amides is 2. The van der Waals surface area contributed by atoms with Crippen LogP contribution in [0, 0.1) is 24.0 Å². The number of benzene rings is 2. The third kappa shape index (κ3) is 4.51. The molecule has 1 saturated heterocycles. The van der Waals surface area contributed by atoms with E-state index in [0.29, 0.717) is 24.2 Å². The lowest BCUT2D eigenvalue weighted by Crippen LogP contribution is -2.55. The van der Waals surface area contributed by atoms with Gasteiger partial charge in [-0.15, -0.1) is 0 Å². The molecule has 6 nitrogen and oxygen atoms in total. The van der Waals surface area contributed by atoms with Gasteiger partial charge in [-0.2, -0.15) is 0 Å². The summed E-state index contributed by atoms with van der Waals surface area (Å²) in [6.07, 6.45) is 3.28. The fraction of sp³-hybridized carbons (Fsp3) is 0.440. The third-order valence-corrected chi connectivity index (χ3v) is 6.98. The van der Waals surface area contributed by atoms with E-state index >= 15 is 0 Å². The number of rotatable bonds is 4. The van der Waals surface area contributed by atoms with E-state index in [9.17, 15) is 23.5 Å². The van der Waals surface area contributed by atoms with E-state index in [1.807, 2.05) is 0 Å². The lowest BCUT2D eigenvalue weighted by atomic mass is 9.60. The number of aryl methyl sites for hydroxylation is 1. The number of halogens is 2. The van der Waals surface area contributed by atoms with Crippen molar-refractivity contribution in [2.24, 2.45) is 5.41 Å². The van der Waals surface area contributed by atoms with Gasteiger partial charge in [-0.1, -0.05) is 0 Å². The maximum absolute atomic E-state index is 14.3. The summed E-state index contributed by atoms with van der Waals surface area (Å²) in [7, 11) is 3.10. The number of hydrogen-bond acceptors (Lipinski definition) is 4. The first kappa shape index (κ1) is 23.0. The number of carbonyl (C=O) groups is 2. The van der Waals surface area contributed by atoms with Crippen molar-refractivity contribution in [1.82, 2.24) is 10.2 Å². The number of phenols is 1. The van der Waals surface area contributed by atoms with E-state index in [1.54, 1.807) is 38.1 Å². The molecule has 1 saturated carbocycles. The predicted octanol–water partition coefficient (Wildman–Crippen LogP) is 3.86. The summed E-state index contributed by atoms with van der Waals surface area (Å²) in [6.45, 7) is 2.80. The highest BCUT2D eigenvalue weighted by atomic mass is 19.1. The molecule has 0 aromatic heterocycles. The summed E-state index contributed by atoms with van der Waals surface area (Å²) in [4.78, 5) is 28.3. The Hall–Kier alpha value is -3.16. The van der Waals surface area contributed by atoms with Gasteiger partial charge in [0.25, 0.3) is 11.8 Å². The fourth-order valence-corrected chi connectivity index (χ4v) is 5.04. The van der Waals surface area contributed by atoms with Gasteiger partial charge in [-0.3, -0.25) is 9.59 Å². The van der Waals surface area contributed by atoms with Crippen LogP contribution in [0.1, 0.15) is 52.0 Å². The number of anilines is 1. The van der Waals surface area contributed by atoms with Crippen LogP contribution in [0.15, 0.2) is 30.3 Å². The Balaban J connectivity index is 1.31. The minimum Gasteiger partial charge on any atom is -0.508 e. The first-order chi connectivity index (χ1) is 15.6. The summed E-state index contributed by atoms with van der Waals surface area (Å²) < 4.78 is 28.6. The Morgan fingerprint density at radius 1 is 1.06 bits per heavy atom. The van der Waals surface area contributed by atoms with Crippen LogP contribution in [0.2, 0.25) is 0 Å². The number of aromatic hydroxyl groups is 1. The average Bonchev–Trinajstić information content (AvgIpc) is 2.73. The van der Waals surface area contributed by atoms with Crippen LogP contribution >= 0.6 is 0 Å². The topological polar surface area (TPSA) is 72.9 Å². The molecule has 176 valence electrons. The molecule has 1 spiro atoms. The number of piperidine rings is 1. The van der Waals surface area contributed by atoms with E-state index in [1.165, 1.54) is 11.0 Å². The fourth-order valence-electron chi connectivity index (χ4n) is 5.04. The zero-order valence-corrected chi connectivity index (χ0v) is 19.1. The van der Waals surface area contributed by atoms with Crippen LogP contribution in [0.25, 0.3) is 0 Å². The molecule has 2 N–H and O–H groups in total. The lowest BCUT2D eigenvalue weighted by molar-refractivity contribution is 0.00860.